The van der Waals surface area contributed by atoms with Crippen LogP contribution in [0, 0.1) is 11.6 Å². The monoisotopic (exact) mass is 547 g/mol. The van der Waals surface area contributed by atoms with Crippen LogP contribution in [0.15, 0.2) is 64.1 Å². The smallest absolute Gasteiger partial charge is 0.260 e. The van der Waals surface area contributed by atoms with Gasteiger partial charge >= 0.3 is 0 Å². The molecule has 2 aromatic heterocycles. The minimum Gasteiger partial charge on any atom is -0.467 e. The molecule has 3 heterocycles. The van der Waals surface area contributed by atoms with Crippen molar-refractivity contribution in [1.29, 1.82) is 0 Å². The number of aromatic nitrogens is 1. The molecule has 8 nitrogen and oxygen atoms in total. The van der Waals surface area contributed by atoms with Crippen molar-refractivity contribution in [3.63, 3.8) is 0 Å². The Bertz CT molecular complexity index is 1530. The van der Waals surface area contributed by atoms with Crippen LogP contribution >= 0.6 is 11.3 Å². The van der Waals surface area contributed by atoms with Gasteiger partial charge in [-0.05, 0) is 56.3 Å². The zero-order valence-electron chi connectivity index (χ0n) is 19.9. The number of furan rings is 1. The van der Waals surface area contributed by atoms with Gasteiger partial charge in [-0.15, -0.1) is 0 Å². The summed E-state index contributed by atoms with van der Waals surface area (Å²) in [6.45, 7) is 4.09. The number of nitrogens with zero attached hydrogens (tertiary/aromatic N) is 3. The van der Waals surface area contributed by atoms with Gasteiger partial charge in [-0.3, -0.25) is 9.69 Å². The first-order valence-corrected chi connectivity index (χ1v) is 13.7. The zero-order chi connectivity index (χ0) is 26.3. The highest BCUT2D eigenvalue weighted by Gasteiger charge is 2.32. The molecule has 0 aliphatic carbocycles. The average molecular weight is 548 g/mol. The summed E-state index contributed by atoms with van der Waals surface area (Å²) in [5.41, 5.74) is 0.147. The first-order chi connectivity index (χ1) is 17.6. The van der Waals surface area contributed by atoms with Gasteiger partial charge in [0.1, 0.15) is 17.1 Å². The maximum absolute atomic E-state index is 14.3. The molecule has 4 aromatic rings. The van der Waals surface area contributed by atoms with Gasteiger partial charge < -0.3 is 9.15 Å². The first-order valence-electron chi connectivity index (χ1n) is 11.5. The summed E-state index contributed by atoms with van der Waals surface area (Å²) in [6, 6.07) is 10.8. The third kappa shape index (κ3) is 5.14. The Balaban J connectivity index is 1.46. The Morgan fingerprint density at radius 1 is 1.14 bits per heavy atom. The van der Waals surface area contributed by atoms with E-state index in [2.05, 4.69) is 4.98 Å². The van der Waals surface area contributed by atoms with Crippen LogP contribution < -0.4 is 4.90 Å². The number of amides is 1. The lowest BCUT2D eigenvalue weighted by molar-refractivity contribution is -0.0440. The van der Waals surface area contributed by atoms with Crippen molar-refractivity contribution >= 4 is 42.6 Å². The van der Waals surface area contributed by atoms with E-state index in [9.17, 15) is 22.0 Å². The molecule has 0 radical (unpaired) electrons. The Kier molecular flexibility index (Phi) is 6.84. The van der Waals surface area contributed by atoms with Gasteiger partial charge in [0.05, 0.1) is 34.6 Å². The average Bonchev–Trinajstić information content (AvgIpc) is 3.51. The van der Waals surface area contributed by atoms with Crippen molar-refractivity contribution in [2.45, 2.75) is 37.5 Å². The van der Waals surface area contributed by atoms with E-state index in [1.807, 2.05) is 13.8 Å². The lowest BCUT2D eigenvalue weighted by atomic mass is 10.2. The zero-order valence-corrected chi connectivity index (χ0v) is 21.6. The van der Waals surface area contributed by atoms with Crippen molar-refractivity contribution in [3.8, 4) is 0 Å². The molecule has 0 saturated carbocycles. The Labute approximate surface area is 216 Å². The number of morpholine rings is 1. The topological polar surface area (TPSA) is 93.0 Å². The minimum absolute atomic E-state index is 0.0145. The van der Waals surface area contributed by atoms with Gasteiger partial charge in [0.2, 0.25) is 10.0 Å². The van der Waals surface area contributed by atoms with Gasteiger partial charge in [-0.25, -0.2) is 22.2 Å². The van der Waals surface area contributed by atoms with Gasteiger partial charge in [-0.2, -0.15) is 4.31 Å². The number of hydrogen-bond donors (Lipinski definition) is 0. The number of benzene rings is 2. The second-order valence-corrected chi connectivity index (χ2v) is 11.8. The highest BCUT2D eigenvalue weighted by Crippen LogP contribution is 2.33. The van der Waals surface area contributed by atoms with E-state index in [0.29, 0.717) is 5.76 Å². The van der Waals surface area contributed by atoms with Crippen LogP contribution in [-0.4, -0.2) is 48.9 Å². The van der Waals surface area contributed by atoms with E-state index in [4.69, 9.17) is 9.15 Å². The molecule has 5 rings (SSSR count). The summed E-state index contributed by atoms with van der Waals surface area (Å²) in [4.78, 5) is 19.1. The normalized spacial score (nSPS) is 18.8. The van der Waals surface area contributed by atoms with Crippen molar-refractivity contribution in [3.05, 3.63) is 77.8 Å². The molecule has 2 aromatic carbocycles. The lowest BCUT2D eigenvalue weighted by Crippen LogP contribution is -2.48. The molecule has 0 N–H and O–H groups in total. The molecule has 0 bridgehead atoms. The van der Waals surface area contributed by atoms with Gasteiger partial charge in [0.15, 0.2) is 10.9 Å². The minimum atomic E-state index is -3.78. The second kappa shape index (κ2) is 9.93. The molecule has 37 heavy (non-hydrogen) atoms. The first kappa shape index (κ1) is 25.5. The van der Waals surface area contributed by atoms with E-state index in [-0.39, 0.29) is 57.6 Å². The van der Waals surface area contributed by atoms with Gasteiger partial charge in [0, 0.05) is 24.7 Å². The fraction of sp³-hybridized carbons (Fsp3) is 0.280. The molecule has 2 unspecified atom stereocenters. The molecular formula is C25H23F2N3O5S2. The number of thiazole rings is 1. The molecule has 1 fully saturated rings. The third-order valence-electron chi connectivity index (χ3n) is 5.90. The molecule has 12 heteroatoms. The molecule has 1 aliphatic heterocycles. The standard InChI is InChI=1S/C25H23F2N3O5S2/c1-15-12-29(13-16(2)35-15)37(32,33)20-7-5-17(6-8-20)24(31)30(14-19-4-3-9-34-19)25-28-23-21(27)10-18(26)11-22(23)36-25/h3-11,15-16H,12-14H2,1-2H3. The number of ether oxygens (including phenoxy) is 1. The summed E-state index contributed by atoms with van der Waals surface area (Å²) in [6.07, 6.45) is 0.988. The van der Waals surface area contributed by atoms with Crippen LogP contribution in [0.4, 0.5) is 13.9 Å². The number of rotatable bonds is 6. The van der Waals surface area contributed by atoms with Crippen LogP contribution in [0.2, 0.25) is 0 Å². The van der Waals surface area contributed by atoms with Crippen molar-refractivity contribution < 1.29 is 31.1 Å². The summed E-state index contributed by atoms with van der Waals surface area (Å²) in [5.74, 6) is -1.63. The Morgan fingerprint density at radius 3 is 2.49 bits per heavy atom. The summed E-state index contributed by atoms with van der Waals surface area (Å²) < 4.78 is 67.0. The van der Waals surface area contributed by atoms with Crippen molar-refractivity contribution in [2.24, 2.45) is 0 Å². The van der Waals surface area contributed by atoms with Crippen LogP contribution in [0.3, 0.4) is 0 Å². The largest absolute Gasteiger partial charge is 0.467 e. The number of sulfonamides is 1. The van der Waals surface area contributed by atoms with E-state index in [1.54, 1.807) is 12.1 Å². The van der Waals surface area contributed by atoms with Crippen molar-refractivity contribution in [2.75, 3.05) is 18.0 Å². The van der Waals surface area contributed by atoms with Crippen LogP contribution in [0.5, 0.6) is 0 Å². The summed E-state index contributed by atoms with van der Waals surface area (Å²) in [7, 11) is -3.78. The van der Waals surface area contributed by atoms with Gasteiger partial charge in [-0.1, -0.05) is 11.3 Å². The second-order valence-electron chi connectivity index (χ2n) is 8.81. The van der Waals surface area contributed by atoms with E-state index < -0.39 is 27.6 Å². The van der Waals surface area contributed by atoms with Crippen LogP contribution in [-0.2, 0) is 21.3 Å². The van der Waals surface area contributed by atoms with E-state index in [0.717, 1.165) is 23.5 Å². The van der Waals surface area contributed by atoms with Crippen LogP contribution in [0.25, 0.3) is 10.2 Å². The lowest BCUT2D eigenvalue weighted by Gasteiger charge is -2.34. The number of carbonyl (C=O) groups excluding carboxylic acids is 1. The Morgan fingerprint density at radius 2 is 1.84 bits per heavy atom. The fourth-order valence-corrected chi connectivity index (χ4v) is 6.84. The predicted molar refractivity (Wildman–Crippen MR) is 134 cm³/mol. The molecule has 1 saturated heterocycles. The number of fused-ring (bicyclic) bond motifs is 1. The molecule has 2 atom stereocenters. The molecular weight excluding hydrogens is 524 g/mol. The number of hydrogen-bond acceptors (Lipinski definition) is 7. The maximum atomic E-state index is 14.3. The van der Waals surface area contributed by atoms with Crippen molar-refractivity contribution in [1.82, 2.24) is 9.29 Å². The molecule has 1 aliphatic rings. The van der Waals surface area contributed by atoms with Gasteiger partial charge in [0.25, 0.3) is 5.91 Å². The quantitative estimate of drug-likeness (QED) is 0.344. The summed E-state index contributed by atoms with van der Waals surface area (Å²) in [5, 5.41) is 0.147. The predicted octanol–water partition coefficient (Wildman–Crippen LogP) is 4.81. The molecule has 194 valence electrons. The highest BCUT2D eigenvalue weighted by molar-refractivity contribution is 7.89. The summed E-state index contributed by atoms with van der Waals surface area (Å²) >= 11 is 0.963. The number of anilines is 1. The van der Waals surface area contributed by atoms with E-state index in [1.165, 1.54) is 39.7 Å². The highest BCUT2D eigenvalue weighted by atomic mass is 32.2. The Hall–Kier alpha value is -3.19. The number of carbonyl (C=O) groups is 1. The molecule has 0 spiro atoms. The van der Waals surface area contributed by atoms with E-state index >= 15 is 0 Å². The number of halogens is 2. The fourth-order valence-electron chi connectivity index (χ4n) is 4.25. The maximum Gasteiger partial charge on any atom is 0.260 e. The SMILES string of the molecule is CC1CN(S(=O)(=O)c2ccc(C(=O)N(Cc3ccco3)c3nc4c(F)cc(F)cc4s3)cc2)CC(C)O1. The third-order valence-corrected chi connectivity index (χ3v) is 8.77. The molecule has 1 amide bonds. The van der Waals surface area contributed by atoms with Crippen LogP contribution in [0.1, 0.15) is 30.0 Å².